The fourth-order valence-electron chi connectivity index (χ4n) is 5.70. The molecule has 114 valence electrons. The molecular weight excluding hydrogens is 256 g/mol. The van der Waals surface area contributed by atoms with Crippen LogP contribution in [0, 0.1) is 34.0 Å². The summed E-state index contributed by atoms with van der Waals surface area (Å²) in [4.78, 5) is 12.4. The quantitative estimate of drug-likeness (QED) is 0.456. The van der Waals surface area contributed by atoms with E-state index in [1.165, 1.54) is 19.3 Å². The van der Waals surface area contributed by atoms with Crippen LogP contribution in [-0.2, 0) is 4.79 Å². The zero-order valence-corrected chi connectivity index (χ0v) is 14.0. The molecule has 0 heterocycles. The summed E-state index contributed by atoms with van der Waals surface area (Å²) in [7, 11) is 0. The average molecular weight is 284 g/mol. The number of Topliss-reactive ketones (excluding diaryl/α,β-unsaturated/α-hetero) is 1. The number of rotatable bonds is 0. The Balaban J connectivity index is 2.10. The molecule has 1 nitrogen and oxygen atoms in total. The highest BCUT2D eigenvalue weighted by Crippen LogP contribution is 2.65. The summed E-state index contributed by atoms with van der Waals surface area (Å²) in [5, 5.41) is 0. The first kappa shape index (κ1) is 14.9. The molecule has 0 amide bonds. The summed E-state index contributed by atoms with van der Waals surface area (Å²) in [6.07, 6.45) is 10.2. The van der Waals surface area contributed by atoms with Crippen LogP contribution in [0.25, 0.3) is 0 Å². The monoisotopic (exact) mass is 284 g/mol. The van der Waals surface area contributed by atoms with Crippen LogP contribution in [-0.4, -0.2) is 5.78 Å². The highest BCUT2D eigenvalue weighted by molar-refractivity contribution is 5.85. The van der Waals surface area contributed by atoms with Crippen molar-refractivity contribution < 1.29 is 4.79 Å². The van der Waals surface area contributed by atoms with Gasteiger partial charge in [-0.05, 0) is 62.4 Å². The molecule has 1 heteroatoms. The normalized spacial score (nSPS) is 41.2. The van der Waals surface area contributed by atoms with Crippen molar-refractivity contribution in [2.45, 2.75) is 72.6 Å². The second-order valence-electron chi connectivity index (χ2n) is 8.12. The molecule has 2 fully saturated rings. The molecule has 0 aromatic heterocycles. The van der Waals surface area contributed by atoms with Gasteiger partial charge in [0.15, 0.2) is 0 Å². The van der Waals surface area contributed by atoms with Gasteiger partial charge in [0.05, 0.1) is 5.41 Å². The molecule has 0 spiro atoms. The second kappa shape index (κ2) is 4.73. The molecule has 3 aliphatic carbocycles. The summed E-state index contributed by atoms with van der Waals surface area (Å²) in [6, 6.07) is 0. The standard InChI is InChI=1S/C20H28O/c1-5-11-20-12-7-6-8-16(20)19(4)13-10-17(21)18(2,3)15(19)9-14-20/h8,15H,6-7,9-10,12-14H2,1-4H3. The molecule has 2 saturated carbocycles. The Morgan fingerprint density at radius 1 is 1.19 bits per heavy atom. The lowest BCUT2D eigenvalue weighted by atomic mass is 9.44. The van der Waals surface area contributed by atoms with Crippen LogP contribution in [0.4, 0.5) is 0 Å². The summed E-state index contributed by atoms with van der Waals surface area (Å²) >= 11 is 0. The van der Waals surface area contributed by atoms with E-state index in [1.54, 1.807) is 5.57 Å². The molecule has 0 aliphatic heterocycles. The van der Waals surface area contributed by atoms with Crippen molar-refractivity contribution in [1.29, 1.82) is 0 Å². The summed E-state index contributed by atoms with van der Waals surface area (Å²) in [5.74, 6) is 7.76. The maximum absolute atomic E-state index is 12.4. The molecule has 0 aromatic carbocycles. The Labute approximate surface area is 129 Å². The van der Waals surface area contributed by atoms with Gasteiger partial charge in [0.25, 0.3) is 0 Å². The van der Waals surface area contributed by atoms with Crippen LogP contribution < -0.4 is 0 Å². The Hall–Kier alpha value is -1.03. The molecule has 21 heavy (non-hydrogen) atoms. The van der Waals surface area contributed by atoms with Gasteiger partial charge < -0.3 is 0 Å². The molecule has 0 bridgehead atoms. The van der Waals surface area contributed by atoms with Crippen molar-refractivity contribution in [3.63, 3.8) is 0 Å². The van der Waals surface area contributed by atoms with Gasteiger partial charge in [-0.1, -0.05) is 32.8 Å². The van der Waals surface area contributed by atoms with Crippen LogP contribution in [0.5, 0.6) is 0 Å². The van der Waals surface area contributed by atoms with Crippen molar-refractivity contribution in [1.82, 2.24) is 0 Å². The minimum Gasteiger partial charge on any atom is -0.299 e. The molecule has 0 saturated heterocycles. The van der Waals surface area contributed by atoms with Gasteiger partial charge in [0.2, 0.25) is 0 Å². The van der Waals surface area contributed by atoms with Crippen LogP contribution in [0.15, 0.2) is 11.6 Å². The van der Waals surface area contributed by atoms with Crippen molar-refractivity contribution in [2.75, 3.05) is 0 Å². The van der Waals surface area contributed by atoms with Crippen molar-refractivity contribution in [2.24, 2.45) is 22.2 Å². The SMILES string of the molecule is CC#CC12CCCC=C1C1(C)CCC(=O)C(C)(C)C1CC2. The smallest absolute Gasteiger partial charge is 0.138 e. The predicted molar refractivity (Wildman–Crippen MR) is 86.7 cm³/mol. The lowest BCUT2D eigenvalue weighted by molar-refractivity contribution is -0.141. The fourth-order valence-corrected chi connectivity index (χ4v) is 5.70. The molecule has 3 unspecified atom stereocenters. The van der Waals surface area contributed by atoms with Crippen LogP contribution in [0.1, 0.15) is 72.6 Å². The van der Waals surface area contributed by atoms with Gasteiger partial charge in [0, 0.05) is 11.8 Å². The van der Waals surface area contributed by atoms with E-state index in [9.17, 15) is 4.79 Å². The van der Waals surface area contributed by atoms with E-state index in [0.717, 1.165) is 25.7 Å². The van der Waals surface area contributed by atoms with Gasteiger partial charge >= 0.3 is 0 Å². The fraction of sp³-hybridized carbons (Fsp3) is 0.750. The van der Waals surface area contributed by atoms with Crippen LogP contribution >= 0.6 is 0 Å². The number of carbonyl (C=O) groups excluding carboxylic acids is 1. The Morgan fingerprint density at radius 2 is 1.95 bits per heavy atom. The maximum Gasteiger partial charge on any atom is 0.138 e. The van der Waals surface area contributed by atoms with Gasteiger partial charge in [-0.25, -0.2) is 0 Å². The third kappa shape index (κ3) is 1.95. The largest absolute Gasteiger partial charge is 0.299 e. The van der Waals surface area contributed by atoms with E-state index in [1.807, 2.05) is 6.92 Å². The van der Waals surface area contributed by atoms with E-state index in [-0.39, 0.29) is 16.2 Å². The maximum atomic E-state index is 12.4. The molecule has 3 rings (SSSR count). The average Bonchev–Trinajstić information content (AvgIpc) is 2.44. The number of allylic oxidation sites excluding steroid dienone is 2. The first-order valence-corrected chi connectivity index (χ1v) is 8.55. The van der Waals surface area contributed by atoms with Crippen molar-refractivity contribution >= 4 is 5.78 Å². The number of ketones is 1. The summed E-state index contributed by atoms with van der Waals surface area (Å²) < 4.78 is 0. The second-order valence-corrected chi connectivity index (χ2v) is 8.12. The highest BCUT2D eigenvalue weighted by Gasteiger charge is 2.58. The van der Waals surface area contributed by atoms with Gasteiger partial charge in [0.1, 0.15) is 5.78 Å². The Bertz CT molecular complexity index is 556. The minimum atomic E-state index is -0.170. The van der Waals surface area contributed by atoms with Gasteiger partial charge in [-0.15, -0.1) is 5.92 Å². The predicted octanol–water partition coefficient (Wildman–Crippen LogP) is 4.91. The Morgan fingerprint density at radius 3 is 2.67 bits per heavy atom. The van der Waals surface area contributed by atoms with E-state index in [2.05, 4.69) is 38.7 Å². The Kier molecular flexibility index (Phi) is 3.36. The van der Waals surface area contributed by atoms with E-state index in [4.69, 9.17) is 0 Å². The third-order valence-corrected chi connectivity index (χ3v) is 6.74. The number of hydrogen-bond acceptors (Lipinski definition) is 1. The van der Waals surface area contributed by atoms with Crippen LogP contribution in [0.2, 0.25) is 0 Å². The zero-order valence-electron chi connectivity index (χ0n) is 14.0. The number of hydrogen-bond donors (Lipinski definition) is 0. The van der Waals surface area contributed by atoms with E-state index >= 15 is 0 Å². The number of fused-ring (bicyclic) bond motifs is 3. The first-order chi connectivity index (χ1) is 9.87. The zero-order chi connectivity index (χ0) is 15.3. The van der Waals surface area contributed by atoms with Crippen molar-refractivity contribution in [3.8, 4) is 11.8 Å². The lowest BCUT2D eigenvalue weighted by Gasteiger charge is -2.59. The highest BCUT2D eigenvalue weighted by atomic mass is 16.1. The van der Waals surface area contributed by atoms with Crippen LogP contribution in [0.3, 0.4) is 0 Å². The van der Waals surface area contributed by atoms with Crippen molar-refractivity contribution in [3.05, 3.63) is 11.6 Å². The molecule has 0 N–H and O–H groups in total. The van der Waals surface area contributed by atoms with E-state index in [0.29, 0.717) is 11.7 Å². The lowest BCUT2D eigenvalue weighted by Crippen LogP contribution is -2.54. The first-order valence-electron chi connectivity index (χ1n) is 8.55. The van der Waals surface area contributed by atoms with E-state index < -0.39 is 0 Å². The van der Waals surface area contributed by atoms with Gasteiger partial charge in [-0.2, -0.15) is 0 Å². The topological polar surface area (TPSA) is 17.1 Å². The molecular formula is C20H28O. The molecule has 3 atom stereocenters. The molecule has 0 aromatic rings. The minimum absolute atomic E-state index is 0.120. The third-order valence-electron chi connectivity index (χ3n) is 6.74. The summed E-state index contributed by atoms with van der Waals surface area (Å²) in [5.41, 5.74) is 1.72. The van der Waals surface area contributed by atoms with Gasteiger partial charge in [-0.3, -0.25) is 4.79 Å². The number of carbonyl (C=O) groups is 1. The molecule has 0 radical (unpaired) electrons. The summed E-state index contributed by atoms with van der Waals surface area (Å²) in [6.45, 7) is 8.76. The molecule has 3 aliphatic rings.